The van der Waals surface area contributed by atoms with Crippen LogP contribution in [0.5, 0.6) is 0 Å². The average Bonchev–Trinajstić information content (AvgIpc) is 2.03. The lowest BCUT2D eigenvalue weighted by molar-refractivity contribution is 0.101. The zero-order valence-corrected chi connectivity index (χ0v) is 9.16. The zero-order chi connectivity index (χ0) is 9.19. The van der Waals surface area contributed by atoms with Gasteiger partial charge in [-0.3, -0.25) is 4.90 Å². The minimum absolute atomic E-state index is 0.283. The summed E-state index contributed by atoms with van der Waals surface area (Å²) in [5, 5.41) is 0. The highest BCUT2D eigenvalue weighted by Crippen LogP contribution is 2.23. The van der Waals surface area contributed by atoms with E-state index < -0.39 is 0 Å². The fourth-order valence-corrected chi connectivity index (χ4v) is 2.81. The van der Waals surface area contributed by atoms with Gasteiger partial charge in [0.2, 0.25) is 0 Å². The molecule has 0 aromatic rings. The van der Waals surface area contributed by atoms with Crippen LogP contribution in [0.15, 0.2) is 0 Å². The van der Waals surface area contributed by atoms with Gasteiger partial charge in [0.1, 0.15) is 0 Å². The van der Waals surface area contributed by atoms with Crippen LogP contribution in [-0.4, -0.2) is 41.1 Å². The number of hydrogen-bond donors (Lipinski definition) is 1. The molecule has 1 aliphatic rings. The highest BCUT2D eigenvalue weighted by Gasteiger charge is 2.30. The van der Waals surface area contributed by atoms with Crippen LogP contribution in [0, 0.1) is 0 Å². The summed E-state index contributed by atoms with van der Waals surface area (Å²) in [4.78, 5) is 2.53. The maximum Gasteiger partial charge on any atom is 0.0314 e. The maximum atomic E-state index is 5.74. The molecule has 0 aromatic heterocycles. The molecular weight excluding hydrogens is 168 g/mol. The second kappa shape index (κ2) is 3.99. The molecule has 1 unspecified atom stereocenters. The van der Waals surface area contributed by atoms with E-state index in [1.54, 1.807) is 0 Å². The molecule has 1 atom stereocenters. The van der Waals surface area contributed by atoms with E-state index in [0.717, 1.165) is 6.54 Å². The van der Waals surface area contributed by atoms with Gasteiger partial charge in [-0.05, 0) is 20.8 Å². The van der Waals surface area contributed by atoms with Crippen LogP contribution in [0.4, 0.5) is 0 Å². The first-order chi connectivity index (χ1) is 5.55. The third-order valence-electron chi connectivity index (χ3n) is 2.36. The van der Waals surface area contributed by atoms with Gasteiger partial charge in [-0.25, -0.2) is 0 Å². The number of thioether (sulfide) groups is 1. The van der Waals surface area contributed by atoms with Crippen LogP contribution in [0.3, 0.4) is 0 Å². The summed E-state index contributed by atoms with van der Waals surface area (Å²) in [6, 6.07) is 0.587. The van der Waals surface area contributed by atoms with Crippen LogP contribution >= 0.6 is 11.8 Å². The SMILES string of the molecule is CC(C)(C)N1CCSCC1CN. The van der Waals surface area contributed by atoms with Gasteiger partial charge in [0.05, 0.1) is 0 Å². The van der Waals surface area contributed by atoms with Crippen LogP contribution in [0.25, 0.3) is 0 Å². The molecule has 0 aromatic carbocycles. The van der Waals surface area contributed by atoms with E-state index in [1.807, 2.05) is 11.8 Å². The van der Waals surface area contributed by atoms with Gasteiger partial charge in [0, 0.05) is 36.2 Å². The molecule has 0 amide bonds. The van der Waals surface area contributed by atoms with Gasteiger partial charge >= 0.3 is 0 Å². The molecule has 1 heterocycles. The summed E-state index contributed by atoms with van der Waals surface area (Å²) < 4.78 is 0. The zero-order valence-electron chi connectivity index (χ0n) is 8.34. The predicted molar refractivity (Wildman–Crippen MR) is 56.6 cm³/mol. The first-order valence-electron chi connectivity index (χ1n) is 4.60. The van der Waals surface area contributed by atoms with E-state index in [0.29, 0.717) is 6.04 Å². The minimum atomic E-state index is 0.283. The van der Waals surface area contributed by atoms with E-state index in [4.69, 9.17) is 5.73 Å². The van der Waals surface area contributed by atoms with Gasteiger partial charge in [0.15, 0.2) is 0 Å². The number of hydrogen-bond acceptors (Lipinski definition) is 3. The molecule has 2 nitrogen and oxygen atoms in total. The van der Waals surface area contributed by atoms with Crippen molar-refractivity contribution in [3.05, 3.63) is 0 Å². The van der Waals surface area contributed by atoms with Crippen molar-refractivity contribution in [1.29, 1.82) is 0 Å². The van der Waals surface area contributed by atoms with Crippen molar-refractivity contribution >= 4 is 11.8 Å². The van der Waals surface area contributed by atoms with Crippen molar-refractivity contribution in [3.63, 3.8) is 0 Å². The molecule has 2 N–H and O–H groups in total. The quantitative estimate of drug-likeness (QED) is 0.669. The third kappa shape index (κ3) is 2.38. The predicted octanol–water partition coefficient (Wildman–Crippen LogP) is 1.16. The first kappa shape index (κ1) is 10.4. The number of nitrogens with zero attached hydrogens (tertiary/aromatic N) is 1. The second-order valence-electron chi connectivity index (χ2n) is 4.33. The lowest BCUT2D eigenvalue weighted by atomic mass is 10.0. The molecule has 0 spiro atoms. The normalized spacial score (nSPS) is 27.5. The molecule has 0 aliphatic carbocycles. The van der Waals surface area contributed by atoms with Gasteiger partial charge < -0.3 is 5.73 Å². The van der Waals surface area contributed by atoms with E-state index in [2.05, 4.69) is 25.7 Å². The molecule has 0 saturated carbocycles. The Labute approximate surface area is 79.9 Å². The van der Waals surface area contributed by atoms with Crippen LogP contribution in [0.2, 0.25) is 0 Å². The smallest absolute Gasteiger partial charge is 0.0314 e. The van der Waals surface area contributed by atoms with Crippen molar-refractivity contribution in [2.45, 2.75) is 32.4 Å². The minimum Gasteiger partial charge on any atom is -0.329 e. The van der Waals surface area contributed by atoms with E-state index in [9.17, 15) is 0 Å². The maximum absolute atomic E-state index is 5.74. The second-order valence-corrected chi connectivity index (χ2v) is 5.48. The van der Waals surface area contributed by atoms with Crippen molar-refractivity contribution in [3.8, 4) is 0 Å². The van der Waals surface area contributed by atoms with Crippen LogP contribution in [0.1, 0.15) is 20.8 Å². The Kier molecular flexibility index (Phi) is 3.44. The Bertz CT molecular complexity index is 142. The Hall–Kier alpha value is 0.270. The van der Waals surface area contributed by atoms with Crippen molar-refractivity contribution < 1.29 is 0 Å². The van der Waals surface area contributed by atoms with E-state index in [-0.39, 0.29) is 5.54 Å². The van der Waals surface area contributed by atoms with Gasteiger partial charge in [-0.15, -0.1) is 0 Å². The molecule has 1 saturated heterocycles. The molecular formula is C9H20N2S. The lowest BCUT2D eigenvalue weighted by Crippen LogP contribution is -2.55. The number of nitrogens with two attached hydrogens (primary N) is 1. The highest BCUT2D eigenvalue weighted by molar-refractivity contribution is 7.99. The lowest BCUT2D eigenvalue weighted by Gasteiger charge is -2.43. The van der Waals surface area contributed by atoms with Gasteiger partial charge in [0.25, 0.3) is 0 Å². The Morgan fingerprint density at radius 1 is 1.50 bits per heavy atom. The molecule has 1 fully saturated rings. The summed E-state index contributed by atoms with van der Waals surface area (Å²) in [6.07, 6.45) is 0. The Morgan fingerprint density at radius 2 is 2.17 bits per heavy atom. The van der Waals surface area contributed by atoms with Gasteiger partial charge in [-0.2, -0.15) is 11.8 Å². The summed E-state index contributed by atoms with van der Waals surface area (Å²) in [5.74, 6) is 2.46. The number of rotatable bonds is 1. The molecule has 72 valence electrons. The average molecular weight is 188 g/mol. The van der Waals surface area contributed by atoms with Crippen molar-refractivity contribution in [1.82, 2.24) is 4.90 Å². The van der Waals surface area contributed by atoms with Gasteiger partial charge in [-0.1, -0.05) is 0 Å². The molecule has 1 rings (SSSR count). The van der Waals surface area contributed by atoms with Crippen LogP contribution < -0.4 is 5.73 Å². The largest absolute Gasteiger partial charge is 0.329 e. The molecule has 0 radical (unpaired) electrons. The summed E-state index contributed by atoms with van der Waals surface area (Å²) in [6.45, 7) is 8.79. The first-order valence-corrected chi connectivity index (χ1v) is 5.75. The molecule has 1 aliphatic heterocycles. The van der Waals surface area contributed by atoms with Crippen molar-refractivity contribution in [2.75, 3.05) is 24.6 Å². The summed E-state index contributed by atoms with van der Waals surface area (Å²) in [5.41, 5.74) is 6.02. The standard InChI is InChI=1S/C9H20N2S/c1-9(2,3)11-4-5-12-7-8(11)6-10/h8H,4-7,10H2,1-3H3. The fourth-order valence-electron chi connectivity index (χ4n) is 1.73. The Morgan fingerprint density at radius 3 is 2.58 bits per heavy atom. The van der Waals surface area contributed by atoms with E-state index >= 15 is 0 Å². The van der Waals surface area contributed by atoms with Crippen LogP contribution in [-0.2, 0) is 0 Å². The fraction of sp³-hybridized carbons (Fsp3) is 1.00. The summed E-state index contributed by atoms with van der Waals surface area (Å²) >= 11 is 2.03. The Balaban J connectivity index is 2.59. The third-order valence-corrected chi connectivity index (χ3v) is 3.45. The molecule has 3 heteroatoms. The topological polar surface area (TPSA) is 29.3 Å². The summed E-state index contributed by atoms with van der Waals surface area (Å²) in [7, 11) is 0. The van der Waals surface area contributed by atoms with Crippen molar-refractivity contribution in [2.24, 2.45) is 5.73 Å². The molecule has 12 heavy (non-hydrogen) atoms. The highest BCUT2D eigenvalue weighted by atomic mass is 32.2. The van der Waals surface area contributed by atoms with E-state index in [1.165, 1.54) is 18.1 Å². The molecule has 0 bridgehead atoms. The monoisotopic (exact) mass is 188 g/mol.